The Morgan fingerprint density at radius 3 is 2.60 bits per heavy atom. The molecule has 5 heteroatoms. The van der Waals surface area contributed by atoms with E-state index in [0.717, 1.165) is 44.9 Å². The summed E-state index contributed by atoms with van der Waals surface area (Å²) in [6, 6.07) is 9.18. The number of carbonyl (C=O) groups excluding carboxylic acids is 2. The van der Waals surface area contributed by atoms with Crippen molar-refractivity contribution in [2.45, 2.75) is 43.8 Å². The van der Waals surface area contributed by atoms with E-state index in [-0.39, 0.29) is 12.0 Å². The van der Waals surface area contributed by atoms with Gasteiger partial charge in [0.05, 0.1) is 13.6 Å². The van der Waals surface area contributed by atoms with Crippen molar-refractivity contribution in [1.29, 1.82) is 0 Å². The maximum Gasteiger partial charge on any atom is 0.343 e. The average molecular weight is 346 g/mol. The summed E-state index contributed by atoms with van der Waals surface area (Å²) in [7, 11) is 2.00. The van der Waals surface area contributed by atoms with Crippen molar-refractivity contribution in [3.8, 4) is 0 Å². The third kappa shape index (κ3) is 3.62. The molecule has 0 bridgehead atoms. The molecule has 1 aliphatic heterocycles. The second kappa shape index (κ2) is 7.26. The highest BCUT2D eigenvalue weighted by atomic mass is 16.6. The van der Waals surface area contributed by atoms with Crippen LogP contribution in [0.5, 0.6) is 0 Å². The number of rotatable bonds is 6. The largest absolute Gasteiger partial charge is 0.454 e. The summed E-state index contributed by atoms with van der Waals surface area (Å²) in [4.78, 5) is 23.9. The zero-order valence-electron chi connectivity index (χ0n) is 14.9. The van der Waals surface area contributed by atoms with E-state index in [0.29, 0.717) is 23.1 Å². The second-order valence-electron chi connectivity index (χ2n) is 7.80. The second-order valence-corrected chi connectivity index (χ2v) is 7.80. The molecule has 1 N–H and O–H groups in total. The van der Waals surface area contributed by atoms with Gasteiger partial charge in [0.1, 0.15) is 13.1 Å². The fourth-order valence-corrected chi connectivity index (χ4v) is 4.37. The summed E-state index contributed by atoms with van der Waals surface area (Å²) >= 11 is 0. The van der Waals surface area contributed by atoms with E-state index in [1.807, 2.05) is 25.2 Å². The molecule has 25 heavy (non-hydrogen) atoms. The molecule has 0 aromatic heterocycles. The quantitative estimate of drug-likeness (QED) is 0.486. The smallest absolute Gasteiger partial charge is 0.343 e. The Morgan fingerprint density at radius 1 is 1.28 bits per heavy atom. The lowest BCUT2D eigenvalue weighted by Crippen LogP contribution is -2.47. The molecular formula is C20H28NO4+. The molecule has 2 fully saturated rings. The van der Waals surface area contributed by atoms with E-state index in [2.05, 4.69) is 0 Å². The number of hydrogen-bond acceptors (Lipinski definition) is 4. The van der Waals surface area contributed by atoms with Crippen molar-refractivity contribution in [2.75, 3.05) is 26.7 Å². The highest BCUT2D eigenvalue weighted by Gasteiger charge is 2.49. The number of benzene rings is 1. The molecule has 0 spiro atoms. The van der Waals surface area contributed by atoms with Crippen LogP contribution in [0.1, 0.15) is 37.7 Å². The van der Waals surface area contributed by atoms with E-state index in [1.54, 1.807) is 12.1 Å². The first-order valence-corrected chi connectivity index (χ1v) is 9.24. The molecule has 2 aliphatic rings. The molecule has 0 amide bonds. The van der Waals surface area contributed by atoms with Gasteiger partial charge in [0.25, 0.3) is 0 Å². The van der Waals surface area contributed by atoms with Crippen molar-refractivity contribution >= 4 is 12.3 Å². The van der Waals surface area contributed by atoms with E-state index in [1.165, 1.54) is 0 Å². The standard InChI is InChI=1S/C20H28NO4/c1-21(13-14-22)12-11-18(15-21)25-19(23)20(24,17-9-5-6-10-17)16-7-3-2-4-8-16/h2-4,7-8,14,17-18,24H,5-6,9-13,15H2,1H3/q+1/t18-,20?,21+/m0/s1. The maximum absolute atomic E-state index is 13.0. The fraction of sp³-hybridized carbons (Fsp3) is 0.600. The lowest BCUT2D eigenvalue weighted by molar-refractivity contribution is -0.890. The number of aliphatic hydroxyl groups is 1. The molecule has 1 heterocycles. The minimum absolute atomic E-state index is 0.0975. The predicted molar refractivity (Wildman–Crippen MR) is 93.6 cm³/mol. The number of esters is 1. The van der Waals surface area contributed by atoms with Crippen LogP contribution in [0.15, 0.2) is 30.3 Å². The number of likely N-dealkylation sites (tertiary alicyclic amines) is 1. The fourth-order valence-electron chi connectivity index (χ4n) is 4.37. The number of ether oxygens (including phenoxy) is 1. The van der Waals surface area contributed by atoms with Crippen LogP contribution >= 0.6 is 0 Å². The zero-order chi connectivity index (χ0) is 17.9. The molecule has 1 unspecified atom stereocenters. The molecule has 1 saturated carbocycles. The zero-order valence-corrected chi connectivity index (χ0v) is 14.9. The summed E-state index contributed by atoms with van der Waals surface area (Å²) in [5, 5.41) is 11.4. The molecule has 3 atom stereocenters. The summed E-state index contributed by atoms with van der Waals surface area (Å²) < 4.78 is 6.36. The van der Waals surface area contributed by atoms with Gasteiger partial charge in [0.15, 0.2) is 18.0 Å². The van der Waals surface area contributed by atoms with Gasteiger partial charge in [-0.25, -0.2) is 4.79 Å². The Labute approximate surface area is 149 Å². The van der Waals surface area contributed by atoms with Crippen LogP contribution in [0.25, 0.3) is 0 Å². The number of likely N-dealkylation sites (N-methyl/N-ethyl adjacent to an activating group) is 1. The minimum atomic E-state index is -1.57. The van der Waals surface area contributed by atoms with Gasteiger partial charge < -0.3 is 14.3 Å². The van der Waals surface area contributed by atoms with Crippen molar-refractivity contribution < 1.29 is 23.9 Å². The highest BCUT2D eigenvalue weighted by molar-refractivity contribution is 5.81. The van der Waals surface area contributed by atoms with Gasteiger partial charge in [-0.2, -0.15) is 0 Å². The normalized spacial score (nSPS) is 29.3. The Kier molecular flexibility index (Phi) is 5.25. The Hall–Kier alpha value is -1.72. The average Bonchev–Trinajstić information content (AvgIpc) is 3.26. The Morgan fingerprint density at radius 2 is 1.96 bits per heavy atom. The van der Waals surface area contributed by atoms with Gasteiger partial charge in [-0.1, -0.05) is 43.2 Å². The first kappa shape index (κ1) is 18.1. The Bertz CT molecular complexity index is 613. The van der Waals surface area contributed by atoms with Gasteiger partial charge in [-0.15, -0.1) is 0 Å². The molecule has 136 valence electrons. The van der Waals surface area contributed by atoms with Crippen LogP contribution in [0.4, 0.5) is 0 Å². The molecule has 5 nitrogen and oxygen atoms in total. The number of hydrogen-bond donors (Lipinski definition) is 1. The molecule has 1 aromatic rings. The minimum Gasteiger partial charge on any atom is -0.454 e. The molecule has 1 aliphatic carbocycles. The monoisotopic (exact) mass is 346 g/mol. The highest BCUT2D eigenvalue weighted by Crippen LogP contribution is 2.42. The van der Waals surface area contributed by atoms with E-state index in [4.69, 9.17) is 4.74 Å². The van der Waals surface area contributed by atoms with Gasteiger partial charge in [0, 0.05) is 12.3 Å². The van der Waals surface area contributed by atoms with Crippen LogP contribution in [-0.2, 0) is 19.9 Å². The summed E-state index contributed by atoms with van der Waals surface area (Å²) in [5.41, 5.74) is -0.955. The molecule has 3 rings (SSSR count). The predicted octanol–water partition coefficient (Wildman–Crippen LogP) is 2.03. The van der Waals surface area contributed by atoms with Crippen LogP contribution in [-0.4, -0.2) is 54.6 Å². The van der Waals surface area contributed by atoms with Gasteiger partial charge in [0.2, 0.25) is 0 Å². The summed E-state index contributed by atoms with van der Waals surface area (Å²) in [5.74, 6) is -0.630. The van der Waals surface area contributed by atoms with E-state index >= 15 is 0 Å². The van der Waals surface area contributed by atoms with Crippen LogP contribution < -0.4 is 0 Å². The van der Waals surface area contributed by atoms with Crippen LogP contribution in [0.3, 0.4) is 0 Å². The molecule has 1 aromatic carbocycles. The third-order valence-electron chi connectivity index (χ3n) is 5.90. The Balaban J connectivity index is 1.78. The van der Waals surface area contributed by atoms with Crippen molar-refractivity contribution in [3.63, 3.8) is 0 Å². The van der Waals surface area contributed by atoms with Crippen LogP contribution in [0.2, 0.25) is 0 Å². The summed E-state index contributed by atoms with van der Waals surface area (Å²) in [6.45, 7) is 1.86. The lowest BCUT2D eigenvalue weighted by Gasteiger charge is -2.33. The number of nitrogens with zero attached hydrogens (tertiary/aromatic N) is 1. The van der Waals surface area contributed by atoms with E-state index < -0.39 is 11.6 Å². The maximum atomic E-state index is 13.0. The first-order chi connectivity index (χ1) is 12.0. The topological polar surface area (TPSA) is 63.6 Å². The molecular weight excluding hydrogens is 318 g/mol. The number of carbonyl (C=O) groups is 2. The number of aldehydes is 1. The van der Waals surface area contributed by atoms with Crippen molar-refractivity contribution in [3.05, 3.63) is 35.9 Å². The number of quaternary nitrogens is 1. The lowest BCUT2D eigenvalue weighted by atomic mass is 9.80. The van der Waals surface area contributed by atoms with Crippen molar-refractivity contribution in [2.24, 2.45) is 5.92 Å². The van der Waals surface area contributed by atoms with E-state index in [9.17, 15) is 14.7 Å². The molecule has 1 saturated heterocycles. The van der Waals surface area contributed by atoms with Crippen LogP contribution in [0, 0.1) is 5.92 Å². The SMILES string of the molecule is C[N@+]1(CC=O)CC[C@H](OC(=O)C(O)(c2ccccc2)C2CCCC2)C1. The molecule has 0 radical (unpaired) electrons. The first-order valence-electron chi connectivity index (χ1n) is 9.24. The summed E-state index contributed by atoms with van der Waals surface area (Å²) in [6.07, 6.45) is 5.15. The van der Waals surface area contributed by atoms with Gasteiger partial charge in [-0.05, 0) is 18.4 Å². The van der Waals surface area contributed by atoms with Gasteiger partial charge >= 0.3 is 5.97 Å². The van der Waals surface area contributed by atoms with Crippen molar-refractivity contribution in [1.82, 2.24) is 0 Å². The third-order valence-corrected chi connectivity index (χ3v) is 5.90. The van der Waals surface area contributed by atoms with Gasteiger partial charge in [-0.3, -0.25) is 4.79 Å².